The lowest BCUT2D eigenvalue weighted by atomic mass is 10.2. The van der Waals surface area contributed by atoms with Gasteiger partial charge < -0.3 is 14.7 Å². The third-order valence-electron chi connectivity index (χ3n) is 4.02. The molecule has 1 aromatic rings. The minimum atomic E-state index is -0.0725. The highest BCUT2D eigenvalue weighted by Gasteiger charge is 2.20. The Balaban J connectivity index is 2.12. The largest absolute Gasteiger partial charge is 0.353 e. The number of anilines is 1. The fourth-order valence-electron chi connectivity index (χ4n) is 2.57. The number of rotatable bonds is 6. The molecule has 1 aliphatic heterocycles. The molecule has 23 heavy (non-hydrogen) atoms. The van der Waals surface area contributed by atoms with Crippen LogP contribution in [0.3, 0.4) is 0 Å². The van der Waals surface area contributed by atoms with Gasteiger partial charge in [-0.25, -0.2) is 9.97 Å². The van der Waals surface area contributed by atoms with Crippen LogP contribution in [-0.4, -0.2) is 71.9 Å². The fraction of sp³-hybridized carbons (Fsp3) is 0.625. The minimum Gasteiger partial charge on any atom is -0.353 e. The van der Waals surface area contributed by atoms with Crippen molar-refractivity contribution in [2.24, 2.45) is 0 Å². The zero-order valence-corrected chi connectivity index (χ0v) is 14.2. The van der Waals surface area contributed by atoms with E-state index < -0.39 is 0 Å². The van der Waals surface area contributed by atoms with Crippen molar-refractivity contribution in [2.45, 2.75) is 26.7 Å². The Morgan fingerprint density at radius 2 is 2.00 bits per heavy atom. The second kappa shape index (κ2) is 7.89. The maximum atomic E-state index is 12.5. The van der Waals surface area contributed by atoms with Crippen molar-refractivity contribution in [2.75, 3.05) is 44.7 Å². The maximum absolute atomic E-state index is 12.5. The monoisotopic (exact) mass is 319 g/mol. The summed E-state index contributed by atoms with van der Waals surface area (Å²) in [6, 6.07) is 1.76. The van der Waals surface area contributed by atoms with E-state index >= 15 is 0 Å². The summed E-state index contributed by atoms with van der Waals surface area (Å²) >= 11 is 0. The van der Waals surface area contributed by atoms with Crippen molar-refractivity contribution < 1.29 is 9.59 Å². The zero-order chi connectivity index (χ0) is 16.8. The third kappa shape index (κ3) is 4.40. The molecule has 1 aromatic heterocycles. The predicted octanol–water partition coefficient (Wildman–Crippen LogP) is 0.936. The number of aromatic nitrogens is 2. The molecule has 0 N–H and O–H groups in total. The van der Waals surface area contributed by atoms with Gasteiger partial charge in [0.2, 0.25) is 6.41 Å². The van der Waals surface area contributed by atoms with Crippen molar-refractivity contribution in [1.29, 1.82) is 0 Å². The van der Waals surface area contributed by atoms with Crippen LogP contribution in [0, 0.1) is 6.92 Å². The average Bonchev–Trinajstić information content (AvgIpc) is 2.58. The van der Waals surface area contributed by atoms with Gasteiger partial charge in [-0.05, 0) is 13.3 Å². The zero-order valence-electron chi connectivity index (χ0n) is 14.2. The second-order valence-electron chi connectivity index (χ2n) is 5.87. The van der Waals surface area contributed by atoms with Gasteiger partial charge in [-0.2, -0.15) is 0 Å². The van der Waals surface area contributed by atoms with Crippen LogP contribution in [0.15, 0.2) is 6.07 Å². The van der Waals surface area contributed by atoms with Crippen molar-refractivity contribution in [3.63, 3.8) is 0 Å². The Bertz CT molecular complexity index is 555. The molecular weight excluding hydrogens is 294 g/mol. The number of carbonyl (C=O) groups excluding carboxylic acids is 2. The van der Waals surface area contributed by atoms with Gasteiger partial charge in [-0.15, -0.1) is 0 Å². The molecule has 1 saturated heterocycles. The van der Waals surface area contributed by atoms with Gasteiger partial charge in [-0.1, -0.05) is 13.3 Å². The van der Waals surface area contributed by atoms with Crippen molar-refractivity contribution in [1.82, 2.24) is 19.8 Å². The van der Waals surface area contributed by atoms with Gasteiger partial charge in [0.1, 0.15) is 17.3 Å². The van der Waals surface area contributed by atoms with E-state index in [4.69, 9.17) is 0 Å². The Morgan fingerprint density at radius 3 is 2.61 bits per heavy atom. The summed E-state index contributed by atoms with van der Waals surface area (Å²) in [4.78, 5) is 37.6. The molecule has 0 aromatic carbocycles. The van der Waals surface area contributed by atoms with Crippen LogP contribution in [0.25, 0.3) is 0 Å². The van der Waals surface area contributed by atoms with Gasteiger partial charge in [0, 0.05) is 45.8 Å². The third-order valence-corrected chi connectivity index (χ3v) is 4.02. The molecule has 2 rings (SSSR count). The normalized spacial score (nSPS) is 14.7. The summed E-state index contributed by atoms with van der Waals surface area (Å²) < 4.78 is 0. The molecule has 0 radical (unpaired) electrons. The lowest BCUT2D eigenvalue weighted by molar-refractivity contribution is -0.118. The summed E-state index contributed by atoms with van der Waals surface area (Å²) in [6.45, 7) is 7.41. The van der Waals surface area contributed by atoms with Crippen LogP contribution in [0.1, 0.15) is 36.1 Å². The first kappa shape index (κ1) is 17.2. The van der Waals surface area contributed by atoms with Gasteiger partial charge >= 0.3 is 0 Å². The summed E-state index contributed by atoms with van der Waals surface area (Å²) in [6.07, 6.45) is 2.90. The van der Waals surface area contributed by atoms with Crippen molar-refractivity contribution >= 4 is 18.1 Å². The molecule has 0 bridgehead atoms. The van der Waals surface area contributed by atoms with E-state index in [-0.39, 0.29) is 5.91 Å². The van der Waals surface area contributed by atoms with Crippen molar-refractivity contribution in [3.05, 3.63) is 17.6 Å². The van der Waals surface area contributed by atoms with E-state index in [2.05, 4.69) is 21.8 Å². The topological polar surface area (TPSA) is 69.6 Å². The molecule has 7 nitrogen and oxygen atoms in total. The molecular formula is C16H25N5O2. The quantitative estimate of drug-likeness (QED) is 0.730. The molecule has 1 aliphatic rings. The highest BCUT2D eigenvalue weighted by Crippen LogP contribution is 2.16. The van der Waals surface area contributed by atoms with Gasteiger partial charge in [0.25, 0.3) is 5.91 Å². The highest BCUT2D eigenvalue weighted by molar-refractivity contribution is 5.92. The highest BCUT2D eigenvalue weighted by atomic mass is 16.2. The number of hydrogen-bond acceptors (Lipinski definition) is 5. The second-order valence-corrected chi connectivity index (χ2v) is 5.87. The molecule has 0 saturated carbocycles. The smallest absolute Gasteiger partial charge is 0.272 e. The van der Waals surface area contributed by atoms with Gasteiger partial charge in [0.05, 0.1) is 0 Å². The predicted molar refractivity (Wildman–Crippen MR) is 88.5 cm³/mol. The standard InChI is InChI=1S/C16H25N5O2/c1-4-5-6-19(3)16(23)14-11-15(18-13(2)17-14)21-9-7-20(12-22)8-10-21/h11-12H,4-10H2,1-3H3. The minimum absolute atomic E-state index is 0.0725. The Morgan fingerprint density at radius 1 is 1.30 bits per heavy atom. The molecule has 7 heteroatoms. The van der Waals surface area contributed by atoms with Crippen LogP contribution in [0.4, 0.5) is 5.82 Å². The lowest BCUT2D eigenvalue weighted by Crippen LogP contribution is -2.46. The van der Waals surface area contributed by atoms with E-state index in [9.17, 15) is 9.59 Å². The summed E-state index contributed by atoms with van der Waals surface area (Å²) in [5, 5.41) is 0. The van der Waals surface area contributed by atoms with Crippen LogP contribution in [0.2, 0.25) is 0 Å². The van der Waals surface area contributed by atoms with E-state index in [1.54, 1.807) is 29.8 Å². The summed E-state index contributed by atoms with van der Waals surface area (Å²) in [7, 11) is 1.80. The maximum Gasteiger partial charge on any atom is 0.272 e. The van der Waals surface area contributed by atoms with E-state index in [1.807, 2.05) is 0 Å². The lowest BCUT2D eigenvalue weighted by Gasteiger charge is -2.33. The SMILES string of the molecule is CCCCN(C)C(=O)c1cc(N2CCN(C=O)CC2)nc(C)n1. The molecule has 1 fully saturated rings. The van der Waals surface area contributed by atoms with Crippen LogP contribution >= 0.6 is 0 Å². The average molecular weight is 319 g/mol. The van der Waals surface area contributed by atoms with E-state index in [0.29, 0.717) is 37.7 Å². The fourth-order valence-corrected chi connectivity index (χ4v) is 2.57. The first-order valence-electron chi connectivity index (χ1n) is 8.10. The molecule has 2 amide bonds. The molecule has 126 valence electrons. The molecule has 0 unspecified atom stereocenters. The summed E-state index contributed by atoms with van der Waals surface area (Å²) in [5.41, 5.74) is 0.434. The van der Waals surface area contributed by atoms with Crippen LogP contribution < -0.4 is 4.90 Å². The molecule has 2 heterocycles. The first-order chi connectivity index (χ1) is 11.0. The Hall–Kier alpha value is -2.18. The van der Waals surface area contributed by atoms with E-state index in [1.165, 1.54) is 0 Å². The summed E-state index contributed by atoms with van der Waals surface area (Å²) in [5.74, 6) is 1.28. The number of piperazine rings is 1. The molecule has 0 spiro atoms. The number of nitrogens with zero attached hydrogens (tertiary/aromatic N) is 5. The van der Waals surface area contributed by atoms with Crippen LogP contribution in [0.5, 0.6) is 0 Å². The van der Waals surface area contributed by atoms with E-state index in [0.717, 1.165) is 31.6 Å². The van der Waals surface area contributed by atoms with Gasteiger partial charge in [0.15, 0.2) is 0 Å². The number of unbranched alkanes of at least 4 members (excludes halogenated alkanes) is 1. The number of hydrogen-bond donors (Lipinski definition) is 0. The number of amides is 2. The molecule has 0 aliphatic carbocycles. The van der Waals surface area contributed by atoms with Gasteiger partial charge in [-0.3, -0.25) is 9.59 Å². The van der Waals surface area contributed by atoms with Crippen LogP contribution in [-0.2, 0) is 4.79 Å². The molecule has 0 atom stereocenters. The Labute approximate surface area is 137 Å². The van der Waals surface area contributed by atoms with Crippen molar-refractivity contribution in [3.8, 4) is 0 Å². The number of carbonyl (C=O) groups is 2. The Kier molecular flexibility index (Phi) is 5.90. The first-order valence-corrected chi connectivity index (χ1v) is 8.10. The number of aryl methyl sites for hydroxylation is 1.